The van der Waals surface area contributed by atoms with E-state index in [1.54, 1.807) is 20.4 Å². The molecule has 2 rings (SSSR count). The van der Waals surface area contributed by atoms with Crippen molar-refractivity contribution in [1.29, 1.82) is 0 Å². The molecule has 0 aliphatic carbocycles. The Labute approximate surface area is 125 Å². The molecule has 0 saturated heterocycles. The Morgan fingerprint density at radius 3 is 2.48 bits per heavy atom. The van der Waals surface area contributed by atoms with Gasteiger partial charge in [0, 0.05) is 6.20 Å². The third-order valence-corrected chi connectivity index (χ3v) is 3.34. The van der Waals surface area contributed by atoms with Crippen molar-refractivity contribution in [3.05, 3.63) is 41.3 Å². The van der Waals surface area contributed by atoms with E-state index in [0.717, 1.165) is 34.3 Å². The molecule has 0 saturated carbocycles. The highest BCUT2D eigenvalue weighted by Crippen LogP contribution is 2.31. The van der Waals surface area contributed by atoms with Gasteiger partial charge in [0.25, 0.3) is 0 Å². The molecule has 1 atom stereocenters. The zero-order valence-electron chi connectivity index (χ0n) is 13.1. The lowest BCUT2D eigenvalue weighted by Gasteiger charge is -2.18. The van der Waals surface area contributed by atoms with E-state index in [9.17, 15) is 0 Å². The number of anilines is 1. The Kier molecular flexibility index (Phi) is 4.62. The van der Waals surface area contributed by atoms with Gasteiger partial charge < -0.3 is 14.8 Å². The van der Waals surface area contributed by atoms with Crippen LogP contribution in [-0.4, -0.2) is 24.2 Å². The summed E-state index contributed by atoms with van der Waals surface area (Å²) in [7, 11) is 3.26. The number of aromatic nitrogens is 2. The van der Waals surface area contributed by atoms with Crippen LogP contribution in [0.15, 0.2) is 24.4 Å². The van der Waals surface area contributed by atoms with Crippen LogP contribution in [0.2, 0.25) is 0 Å². The standard InChI is InChI=1S/C16H21N3O2/c1-10-9-17-12(3)16(18-10)19-11(2)13-6-7-14(20-4)15(8-13)21-5/h6-9,11H,1-5H3,(H,18,19). The van der Waals surface area contributed by atoms with E-state index in [4.69, 9.17) is 9.47 Å². The van der Waals surface area contributed by atoms with Crippen LogP contribution in [-0.2, 0) is 0 Å². The van der Waals surface area contributed by atoms with Crippen molar-refractivity contribution in [1.82, 2.24) is 9.97 Å². The van der Waals surface area contributed by atoms with E-state index >= 15 is 0 Å². The van der Waals surface area contributed by atoms with Gasteiger partial charge >= 0.3 is 0 Å². The lowest BCUT2D eigenvalue weighted by molar-refractivity contribution is 0.354. The van der Waals surface area contributed by atoms with E-state index in [1.807, 2.05) is 32.0 Å². The van der Waals surface area contributed by atoms with Gasteiger partial charge in [-0.25, -0.2) is 4.98 Å². The molecule has 0 bridgehead atoms. The Hall–Kier alpha value is -2.30. The van der Waals surface area contributed by atoms with Gasteiger partial charge in [0.15, 0.2) is 11.5 Å². The first-order valence-electron chi connectivity index (χ1n) is 6.84. The van der Waals surface area contributed by atoms with Crippen molar-refractivity contribution >= 4 is 5.82 Å². The summed E-state index contributed by atoms with van der Waals surface area (Å²) >= 11 is 0. The van der Waals surface area contributed by atoms with E-state index in [1.165, 1.54) is 0 Å². The third-order valence-electron chi connectivity index (χ3n) is 3.34. The summed E-state index contributed by atoms with van der Waals surface area (Å²) in [5, 5.41) is 3.39. The molecule has 0 amide bonds. The summed E-state index contributed by atoms with van der Waals surface area (Å²) in [6, 6.07) is 5.97. The van der Waals surface area contributed by atoms with Crippen LogP contribution in [0.4, 0.5) is 5.82 Å². The van der Waals surface area contributed by atoms with Crippen LogP contribution in [0.3, 0.4) is 0 Å². The summed E-state index contributed by atoms with van der Waals surface area (Å²) in [4.78, 5) is 8.80. The number of hydrogen-bond donors (Lipinski definition) is 1. The highest BCUT2D eigenvalue weighted by atomic mass is 16.5. The van der Waals surface area contributed by atoms with Crippen molar-refractivity contribution < 1.29 is 9.47 Å². The Bertz CT molecular complexity index is 629. The third kappa shape index (κ3) is 3.42. The topological polar surface area (TPSA) is 56.3 Å². The number of rotatable bonds is 5. The molecule has 1 aromatic heterocycles. The van der Waals surface area contributed by atoms with Crippen LogP contribution in [0, 0.1) is 13.8 Å². The average Bonchev–Trinajstić information content (AvgIpc) is 2.50. The fraction of sp³-hybridized carbons (Fsp3) is 0.375. The SMILES string of the molecule is COc1ccc(C(C)Nc2nc(C)cnc2C)cc1OC. The lowest BCUT2D eigenvalue weighted by atomic mass is 10.1. The lowest BCUT2D eigenvalue weighted by Crippen LogP contribution is -2.10. The van der Waals surface area contributed by atoms with Crippen LogP contribution in [0.25, 0.3) is 0 Å². The summed E-state index contributed by atoms with van der Waals surface area (Å²) in [5.74, 6) is 2.24. The van der Waals surface area contributed by atoms with Crippen LogP contribution in [0.1, 0.15) is 29.9 Å². The molecule has 21 heavy (non-hydrogen) atoms. The second-order valence-electron chi connectivity index (χ2n) is 4.93. The average molecular weight is 287 g/mol. The van der Waals surface area contributed by atoms with Gasteiger partial charge in [-0.1, -0.05) is 6.07 Å². The number of aryl methyl sites for hydroxylation is 2. The second-order valence-corrected chi connectivity index (χ2v) is 4.93. The quantitative estimate of drug-likeness (QED) is 0.914. The Balaban J connectivity index is 2.24. The van der Waals surface area contributed by atoms with Gasteiger partial charge in [-0.15, -0.1) is 0 Å². The zero-order chi connectivity index (χ0) is 15.4. The van der Waals surface area contributed by atoms with Crippen molar-refractivity contribution in [2.75, 3.05) is 19.5 Å². The minimum atomic E-state index is 0.0830. The largest absolute Gasteiger partial charge is 0.493 e. The molecule has 2 aromatic rings. The Morgan fingerprint density at radius 1 is 1.10 bits per heavy atom. The highest BCUT2D eigenvalue weighted by Gasteiger charge is 2.12. The molecular weight excluding hydrogens is 266 g/mol. The van der Waals surface area contributed by atoms with E-state index in [0.29, 0.717) is 0 Å². The van der Waals surface area contributed by atoms with Gasteiger partial charge in [-0.2, -0.15) is 0 Å². The molecule has 0 aliphatic heterocycles. The van der Waals surface area contributed by atoms with E-state index in [2.05, 4.69) is 22.2 Å². The number of nitrogens with one attached hydrogen (secondary N) is 1. The zero-order valence-corrected chi connectivity index (χ0v) is 13.1. The number of benzene rings is 1. The molecule has 1 aromatic carbocycles. The van der Waals surface area contributed by atoms with Crippen molar-refractivity contribution in [3.63, 3.8) is 0 Å². The number of nitrogens with zero attached hydrogens (tertiary/aromatic N) is 2. The predicted octanol–water partition coefficient (Wildman–Crippen LogP) is 3.28. The summed E-state index contributed by atoms with van der Waals surface area (Å²) in [6.45, 7) is 5.94. The molecule has 0 aliphatic rings. The smallest absolute Gasteiger partial charge is 0.161 e. The van der Waals surface area contributed by atoms with Crippen LogP contribution >= 0.6 is 0 Å². The minimum Gasteiger partial charge on any atom is -0.493 e. The molecule has 0 spiro atoms. The van der Waals surface area contributed by atoms with Crippen molar-refractivity contribution in [3.8, 4) is 11.5 Å². The van der Waals surface area contributed by atoms with Gasteiger partial charge in [-0.05, 0) is 38.5 Å². The Morgan fingerprint density at radius 2 is 1.81 bits per heavy atom. The van der Waals surface area contributed by atoms with Gasteiger partial charge in [0.1, 0.15) is 5.82 Å². The fourth-order valence-electron chi connectivity index (χ4n) is 2.08. The van der Waals surface area contributed by atoms with Gasteiger partial charge in [0.05, 0.1) is 31.6 Å². The molecular formula is C16H21N3O2. The summed E-state index contributed by atoms with van der Waals surface area (Å²) in [5.41, 5.74) is 2.87. The fourth-order valence-corrected chi connectivity index (χ4v) is 2.08. The number of ether oxygens (including phenoxy) is 2. The predicted molar refractivity (Wildman–Crippen MR) is 83.1 cm³/mol. The maximum absolute atomic E-state index is 5.34. The van der Waals surface area contributed by atoms with Gasteiger partial charge in [0.2, 0.25) is 0 Å². The normalized spacial score (nSPS) is 11.9. The first-order chi connectivity index (χ1) is 10.0. The summed E-state index contributed by atoms with van der Waals surface area (Å²) in [6.07, 6.45) is 1.77. The highest BCUT2D eigenvalue weighted by molar-refractivity contribution is 5.47. The van der Waals surface area contributed by atoms with Gasteiger partial charge in [-0.3, -0.25) is 4.98 Å². The molecule has 1 N–H and O–H groups in total. The molecule has 5 nitrogen and oxygen atoms in total. The van der Waals surface area contributed by atoms with Crippen molar-refractivity contribution in [2.24, 2.45) is 0 Å². The molecule has 112 valence electrons. The first kappa shape index (κ1) is 15.1. The monoisotopic (exact) mass is 287 g/mol. The number of methoxy groups -OCH3 is 2. The van der Waals surface area contributed by atoms with Crippen LogP contribution in [0.5, 0.6) is 11.5 Å². The molecule has 0 fully saturated rings. The number of hydrogen-bond acceptors (Lipinski definition) is 5. The maximum Gasteiger partial charge on any atom is 0.161 e. The van der Waals surface area contributed by atoms with Crippen LogP contribution < -0.4 is 14.8 Å². The summed E-state index contributed by atoms with van der Waals surface area (Å²) < 4.78 is 10.6. The molecule has 0 radical (unpaired) electrons. The molecule has 1 heterocycles. The van der Waals surface area contributed by atoms with Crippen molar-refractivity contribution in [2.45, 2.75) is 26.8 Å². The first-order valence-corrected chi connectivity index (χ1v) is 6.84. The molecule has 1 unspecified atom stereocenters. The van der Waals surface area contributed by atoms with E-state index in [-0.39, 0.29) is 6.04 Å². The van der Waals surface area contributed by atoms with E-state index < -0.39 is 0 Å². The molecule has 5 heteroatoms. The maximum atomic E-state index is 5.34. The second kappa shape index (κ2) is 6.43. The minimum absolute atomic E-state index is 0.0830.